The standard InChI is InChI=1S/C13H11BrN2O4S/c1-7-5-11(21-12(7)14)13(17)15-9-4-3-8(20-2)6-10(9)16(18)19/h3-6H,1-2H3,(H,15,17). The number of nitrogens with zero attached hydrogens (tertiary/aromatic N) is 1. The summed E-state index contributed by atoms with van der Waals surface area (Å²) < 4.78 is 5.81. The molecule has 0 atom stereocenters. The van der Waals surface area contributed by atoms with Gasteiger partial charge in [0.1, 0.15) is 11.4 Å². The van der Waals surface area contributed by atoms with E-state index in [0.717, 1.165) is 9.35 Å². The lowest BCUT2D eigenvalue weighted by Crippen LogP contribution is -2.11. The molecular weight excluding hydrogens is 360 g/mol. The Morgan fingerprint density at radius 1 is 1.43 bits per heavy atom. The van der Waals surface area contributed by atoms with Crippen LogP contribution in [0.15, 0.2) is 28.1 Å². The van der Waals surface area contributed by atoms with E-state index in [1.807, 2.05) is 6.92 Å². The van der Waals surface area contributed by atoms with E-state index in [-0.39, 0.29) is 17.3 Å². The number of halogens is 1. The maximum absolute atomic E-state index is 12.1. The molecule has 0 bridgehead atoms. The molecular formula is C13H11BrN2O4S. The molecule has 1 aromatic carbocycles. The molecule has 0 aliphatic rings. The van der Waals surface area contributed by atoms with Gasteiger partial charge in [0.15, 0.2) is 0 Å². The van der Waals surface area contributed by atoms with Crippen LogP contribution in [-0.2, 0) is 0 Å². The van der Waals surface area contributed by atoms with Gasteiger partial charge in [0.25, 0.3) is 11.6 Å². The van der Waals surface area contributed by atoms with Gasteiger partial charge < -0.3 is 10.1 Å². The topological polar surface area (TPSA) is 81.5 Å². The van der Waals surface area contributed by atoms with Crippen LogP contribution in [-0.4, -0.2) is 17.9 Å². The van der Waals surface area contributed by atoms with E-state index in [9.17, 15) is 14.9 Å². The molecule has 0 saturated heterocycles. The predicted octanol–water partition coefficient (Wildman–Crippen LogP) is 3.99. The van der Waals surface area contributed by atoms with Crippen molar-refractivity contribution in [3.63, 3.8) is 0 Å². The maximum atomic E-state index is 12.1. The molecule has 0 unspecified atom stereocenters. The number of methoxy groups -OCH3 is 1. The van der Waals surface area contributed by atoms with E-state index < -0.39 is 4.92 Å². The molecule has 1 heterocycles. The number of nitro groups is 1. The van der Waals surface area contributed by atoms with Crippen molar-refractivity contribution in [2.45, 2.75) is 6.92 Å². The third-order valence-corrected chi connectivity index (χ3v) is 4.87. The number of aryl methyl sites for hydroxylation is 1. The quantitative estimate of drug-likeness (QED) is 0.651. The lowest BCUT2D eigenvalue weighted by atomic mass is 10.2. The number of benzene rings is 1. The summed E-state index contributed by atoms with van der Waals surface area (Å²) in [5.41, 5.74) is 0.859. The predicted molar refractivity (Wildman–Crippen MR) is 84.4 cm³/mol. The highest BCUT2D eigenvalue weighted by atomic mass is 79.9. The van der Waals surface area contributed by atoms with Crippen molar-refractivity contribution >= 4 is 44.5 Å². The summed E-state index contributed by atoms with van der Waals surface area (Å²) in [7, 11) is 1.42. The normalized spacial score (nSPS) is 10.2. The molecule has 0 aliphatic carbocycles. The number of carbonyl (C=O) groups excluding carboxylic acids is 1. The summed E-state index contributed by atoms with van der Waals surface area (Å²) >= 11 is 4.61. The minimum atomic E-state index is -0.562. The summed E-state index contributed by atoms with van der Waals surface area (Å²) in [5.74, 6) is -0.0310. The highest BCUT2D eigenvalue weighted by Gasteiger charge is 2.19. The zero-order valence-corrected chi connectivity index (χ0v) is 13.6. The van der Waals surface area contributed by atoms with Crippen LogP contribution in [0.4, 0.5) is 11.4 Å². The third kappa shape index (κ3) is 3.40. The van der Waals surface area contributed by atoms with E-state index in [2.05, 4.69) is 21.2 Å². The number of thiophene rings is 1. The minimum absolute atomic E-state index is 0.132. The smallest absolute Gasteiger partial charge is 0.296 e. The largest absolute Gasteiger partial charge is 0.496 e. The molecule has 1 aromatic heterocycles. The van der Waals surface area contributed by atoms with Crippen LogP contribution in [0.25, 0.3) is 0 Å². The Labute approximate surface area is 133 Å². The number of nitro benzene ring substituents is 1. The fraction of sp³-hybridized carbons (Fsp3) is 0.154. The summed E-state index contributed by atoms with van der Waals surface area (Å²) in [6, 6.07) is 5.99. The number of carbonyl (C=O) groups is 1. The van der Waals surface area contributed by atoms with E-state index in [1.54, 1.807) is 12.1 Å². The lowest BCUT2D eigenvalue weighted by molar-refractivity contribution is -0.384. The average molecular weight is 371 g/mol. The fourth-order valence-electron chi connectivity index (χ4n) is 1.65. The van der Waals surface area contributed by atoms with Crippen molar-refractivity contribution in [3.05, 3.63) is 48.6 Å². The summed E-state index contributed by atoms with van der Waals surface area (Å²) in [5, 5.41) is 13.6. The second-order valence-corrected chi connectivity index (χ2v) is 6.53. The van der Waals surface area contributed by atoms with E-state index in [0.29, 0.717) is 10.6 Å². The summed E-state index contributed by atoms with van der Waals surface area (Å²) in [6.45, 7) is 1.87. The molecule has 6 nitrogen and oxygen atoms in total. The van der Waals surface area contributed by atoms with Crippen molar-refractivity contribution in [1.29, 1.82) is 0 Å². The Bertz CT molecular complexity index is 695. The first kappa shape index (κ1) is 15.5. The Balaban J connectivity index is 2.30. The molecule has 0 radical (unpaired) electrons. The number of nitrogens with one attached hydrogen (secondary N) is 1. The van der Waals surface area contributed by atoms with E-state index in [1.165, 1.54) is 30.6 Å². The van der Waals surface area contributed by atoms with Gasteiger partial charge >= 0.3 is 0 Å². The number of hydrogen-bond donors (Lipinski definition) is 1. The van der Waals surface area contributed by atoms with Gasteiger partial charge in [0.2, 0.25) is 0 Å². The highest BCUT2D eigenvalue weighted by Crippen LogP contribution is 2.31. The van der Waals surface area contributed by atoms with Gasteiger partial charge in [-0.2, -0.15) is 0 Å². The number of anilines is 1. The van der Waals surface area contributed by atoms with Crippen LogP contribution >= 0.6 is 27.3 Å². The van der Waals surface area contributed by atoms with E-state index in [4.69, 9.17) is 4.74 Å². The molecule has 1 amide bonds. The van der Waals surface area contributed by atoms with Gasteiger partial charge in [0, 0.05) is 0 Å². The van der Waals surface area contributed by atoms with Crippen molar-refractivity contribution < 1.29 is 14.5 Å². The molecule has 2 rings (SSSR count). The molecule has 110 valence electrons. The monoisotopic (exact) mass is 370 g/mol. The van der Waals surface area contributed by atoms with Gasteiger partial charge in [-0.25, -0.2) is 0 Å². The van der Waals surface area contributed by atoms with Gasteiger partial charge in [-0.3, -0.25) is 14.9 Å². The van der Waals surface area contributed by atoms with Crippen molar-refractivity contribution in [2.24, 2.45) is 0 Å². The van der Waals surface area contributed by atoms with Gasteiger partial charge in [-0.05, 0) is 46.6 Å². The first-order valence-electron chi connectivity index (χ1n) is 5.82. The fourth-order valence-corrected chi connectivity index (χ4v) is 3.08. The molecule has 1 N–H and O–H groups in total. The first-order chi connectivity index (χ1) is 9.92. The van der Waals surface area contributed by atoms with Crippen LogP contribution in [0.3, 0.4) is 0 Å². The van der Waals surface area contributed by atoms with Crippen molar-refractivity contribution in [2.75, 3.05) is 12.4 Å². The summed E-state index contributed by atoms with van der Waals surface area (Å²) in [6.07, 6.45) is 0. The minimum Gasteiger partial charge on any atom is -0.496 e. The van der Waals surface area contributed by atoms with Crippen LogP contribution in [0, 0.1) is 17.0 Å². The van der Waals surface area contributed by atoms with Crippen LogP contribution < -0.4 is 10.1 Å². The van der Waals surface area contributed by atoms with Gasteiger partial charge in [-0.15, -0.1) is 11.3 Å². The van der Waals surface area contributed by atoms with Gasteiger partial charge in [-0.1, -0.05) is 0 Å². The zero-order chi connectivity index (χ0) is 15.6. The SMILES string of the molecule is COc1ccc(NC(=O)c2cc(C)c(Br)s2)c([N+](=O)[O-])c1. The number of hydrogen-bond acceptors (Lipinski definition) is 5. The molecule has 0 spiro atoms. The van der Waals surface area contributed by atoms with Gasteiger partial charge in [0.05, 0.1) is 26.8 Å². The zero-order valence-electron chi connectivity index (χ0n) is 11.2. The number of ether oxygens (including phenoxy) is 1. The molecule has 0 saturated carbocycles. The molecule has 21 heavy (non-hydrogen) atoms. The second-order valence-electron chi connectivity index (χ2n) is 4.16. The Morgan fingerprint density at radius 2 is 2.14 bits per heavy atom. The van der Waals surface area contributed by atoms with Crippen LogP contribution in [0.1, 0.15) is 15.2 Å². The Hall–Kier alpha value is -1.93. The molecule has 0 fully saturated rings. The van der Waals surface area contributed by atoms with E-state index >= 15 is 0 Å². The highest BCUT2D eigenvalue weighted by molar-refractivity contribution is 9.11. The molecule has 8 heteroatoms. The molecule has 2 aromatic rings. The number of amides is 1. The second kappa shape index (κ2) is 6.23. The average Bonchev–Trinajstić information content (AvgIpc) is 2.79. The van der Waals surface area contributed by atoms with Crippen LogP contribution in [0.5, 0.6) is 5.75 Å². The third-order valence-electron chi connectivity index (χ3n) is 2.73. The first-order valence-corrected chi connectivity index (χ1v) is 7.43. The lowest BCUT2D eigenvalue weighted by Gasteiger charge is -2.06. The Morgan fingerprint density at radius 3 is 2.67 bits per heavy atom. The van der Waals surface area contributed by atoms with Crippen molar-refractivity contribution in [3.8, 4) is 5.75 Å². The molecule has 0 aliphatic heterocycles. The van der Waals surface area contributed by atoms with Crippen molar-refractivity contribution in [1.82, 2.24) is 0 Å². The maximum Gasteiger partial charge on any atom is 0.296 e. The Kier molecular flexibility index (Phi) is 4.59. The summed E-state index contributed by atoms with van der Waals surface area (Å²) in [4.78, 5) is 23.1. The number of rotatable bonds is 4. The van der Waals surface area contributed by atoms with Crippen LogP contribution in [0.2, 0.25) is 0 Å².